The zero-order valence-electron chi connectivity index (χ0n) is 40.3. The van der Waals surface area contributed by atoms with E-state index in [-0.39, 0.29) is 60.0 Å². The molecule has 0 bridgehead atoms. The molecule has 0 aliphatic carbocycles. The second-order valence-corrected chi connectivity index (χ2v) is 18.2. The van der Waals surface area contributed by atoms with Crippen LogP contribution in [0.1, 0.15) is 98.3 Å². The lowest BCUT2D eigenvalue weighted by molar-refractivity contribution is -0.166. The number of hydrogen-bond donors (Lipinski definition) is 5. The van der Waals surface area contributed by atoms with Gasteiger partial charge in [-0.05, 0) is 56.1 Å². The zero-order valence-corrected chi connectivity index (χ0v) is 41.1. The number of likely N-dealkylation sites (N-methyl/N-ethyl adjacent to an activating group) is 2. The maximum absolute atomic E-state index is 14.3. The van der Waals surface area contributed by atoms with E-state index in [0.29, 0.717) is 36.9 Å². The fraction of sp³-hybridized carbons (Fsp3) is 0.638. The number of carbonyl (C=O) groups is 5. The Morgan fingerprint density at radius 1 is 0.800 bits per heavy atom. The molecule has 0 spiro atoms. The van der Waals surface area contributed by atoms with E-state index in [0.717, 1.165) is 4.90 Å². The minimum Gasteiger partial charge on any atom is -0.444 e. The van der Waals surface area contributed by atoms with Crippen molar-refractivity contribution < 1.29 is 56.8 Å². The number of rotatable bonds is 28. The van der Waals surface area contributed by atoms with E-state index < -0.39 is 71.7 Å². The molecule has 17 nitrogen and oxygen atoms in total. The zero-order chi connectivity index (χ0) is 49.0. The molecule has 0 radical (unpaired) electrons. The molecule has 0 aromatic heterocycles. The van der Waals surface area contributed by atoms with Crippen molar-refractivity contribution in [1.82, 2.24) is 25.8 Å². The summed E-state index contributed by atoms with van der Waals surface area (Å²) >= 11 is -2.29. The molecule has 0 heterocycles. The Balaban J connectivity index is 2.00. The smallest absolute Gasteiger partial charge is 0.410 e. The standard InChI is InChI=1S/C47H75N5O12S/c1-13-31(6)41(36(61-11)27-38(53)48-25-19-20-26-63-46(62-12)32(7)43(55)49-33(8)42(54)34-21-15-14-16-22-34)51(9)45(57)39(29(2)3)50-44(56)40(30(4)5)52(10)47(58)64-28-35-23-17-18-24-37(35)65(59)60/h14-18,21-24,29-33,36,39-42,46,54H,13,19-20,25-28H2,1-12H3,(H,48,53)(H,49,55)(H,50,56)(H,59,60)/t31-,32-,33+,36+,39-,40-,41-,42+,46-/m0/s1. The van der Waals surface area contributed by atoms with Gasteiger partial charge in [0.05, 0.1) is 41.5 Å². The van der Waals surface area contributed by atoms with E-state index in [1.165, 1.54) is 27.3 Å². The van der Waals surface area contributed by atoms with E-state index in [1.54, 1.807) is 83.8 Å². The number of ether oxygens (including phenoxy) is 4. The van der Waals surface area contributed by atoms with Gasteiger partial charge in [0.2, 0.25) is 23.6 Å². The number of carbonyl (C=O) groups excluding carboxylic acids is 5. The molecule has 366 valence electrons. The topological polar surface area (TPSA) is 222 Å². The number of methoxy groups -OCH3 is 2. The van der Waals surface area contributed by atoms with Crippen LogP contribution in [0.5, 0.6) is 0 Å². The van der Waals surface area contributed by atoms with Crippen molar-refractivity contribution in [3.63, 3.8) is 0 Å². The quantitative estimate of drug-likeness (QED) is 0.0431. The molecule has 2 aromatic rings. The Bertz CT molecular complexity index is 1820. The SMILES string of the molecule is CC[C@H](C)[C@@H]([C@@H](CC(=O)NCCCCO[C@H](OC)[C@@H](C)C(=O)N[C@H](C)[C@@H](O)c1ccccc1)OC)N(C)C(=O)[C@@H](NC(=O)[C@H](C(C)C)N(C)C(=O)OCc1ccccc1S(=O)O)C(C)C. The average molecular weight is 934 g/mol. The molecule has 0 saturated carbocycles. The minimum atomic E-state index is -2.29. The summed E-state index contributed by atoms with van der Waals surface area (Å²) in [5.41, 5.74) is 1.04. The summed E-state index contributed by atoms with van der Waals surface area (Å²) in [6, 6.07) is 12.3. The van der Waals surface area contributed by atoms with Crippen molar-refractivity contribution in [3.05, 3.63) is 65.7 Å². The number of nitrogens with one attached hydrogen (secondary N) is 3. The molecule has 10 atom stereocenters. The number of unbranched alkanes of at least 4 members (excludes halogenated alkanes) is 1. The molecule has 0 aliphatic rings. The molecule has 0 saturated heterocycles. The monoisotopic (exact) mass is 934 g/mol. The first-order chi connectivity index (χ1) is 30.7. The Labute approximate surface area is 388 Å². The molecule has 18 heteroatoms. The van der Waals surface area contributed by atoms with Crippen LogP contribution in [0.2, 0.25) is 0 Å². The maximum atomic E-state index is 14.3. The number of benzene rings is 2. The van der Waals surface area contributed by atoms with Gasteiger partial charge in [-0.25, -0.2) is 9.00 Å². The third-order valence-electron chi connectivity index (χ3n) is 11.7. The molecule has 2 rings (SSSR count). The predicted octanol–water partition coefficient (Wildman–Crippen LogP) is 5.04. The fourth-order valence-electron chi connectivity index (χ4n) is 7.60. The third-order valence-corrected chi connectivity index (χ3v) is 12.4. The van der Waals surface area contributed by atoms with E-state index in [1.807, 2.05) is 32.0 Å². The van der Waals surface area contributed by atoms with Crippen molar-refractivity contribution in [1.29, 1.82) is 0 Å². The molecule has 0 aliphatic heterocycles. The van der Waals surface area contributed by atoms with Gasteiger partial charge in [0.25, 0.3) is 0 Å². The van der Waals surface area contributed by atoms with Gasteiger partial charge in [-0.15, -0.1) is 0 Å². The third kappa shape index (κ3) is 17.4. The van der Waals surface area contributed by atoms with Gasteiger partial charge >= 0.3 is 6.09 Å². The van der Waals surface area contributed by atoms with Crippen molar-refractivity contribution in [2.24, 2.45) is 23.7 Å². The highest BCUT2D eigenvalue weighted by Crippen LogP contribution is 2.24. The average Bonchev–Trinajstić information content (AvgIpc) is 3.28. The number of aliphatic hydroxyl groups is 1. The van der Waals surface area contributed by atoms with Crippen LogP contribution in [-0.2, 0) is 55.8 Å². The highest BCUT2D eigenvalue weighted by molar-refractivity contribution is 7.79. The van der Waals surface area contributed by atoms with Gasteiger partial charge in [-0.2, -0.15) is 0 Å². The van der Waals surface area contributed by atoms with Crippen LogP contribution in [0.3, 0.4) is 0 Å². The molecule has 65 heavy (non-hydrogen) atoms. The summed E-state index contributed by atoms with van der Waals surface area (Å²) in [6.45, 7) is 14.8. The lowest BCUT2D eigenvalue weighted by atomic mass is 9.89. The Kier molecular flexibility index (Phi) is 24.9. The van der Waals surface area contributed by atoms with Gasteiger partial charge in [0, 0.05) is 47.0 Å². The van der Waals surface area contributed by atoms with Crippen molar-refractivity contribution >= 4 is 40.8 Å². The normalized spacial score (nSPS) is 16.2. The van der Waals surface area contributed by atoms with E-state index in [9.17, 15) is 37.8 Å². The highest BCUT2D eigenvalue weighted by atomic mass is 32.2. The van der Waals surface area contributed by atoms with Gasteiger partial charge in [-0.3, -0.25) is 24.1 Å². The summed E-state index contributed by atoms with van der Waals surface area (Å²) in [7, 11) is 6.01. The number of amides is 5. The molecule has 0 fully saturated rings. The van der Waals surface area contributed by atoms with Crippen molar-refractivity contribution in [3.8, 4) is 0 Å². The van der Waals surface area contributed by atoms with Gasteiger partial charge in [0.15, 0.2) is 17.4 Å². The number of nitrogens with zero attached hydrogens (tertiary/aromatic N) is 2. The molecule has 1 unspecified atom stereocenters. The molecular formula is C47H75N5O12S. The van der Waals surface area contributed by atoms with Crippen LogP contribution >= 0.6 is 0 Å². The van der Waals surface area contributed by atoms with E-state index in [4.69, 9.17) is 18.9 Å². The lowest BCUT2D eigenvalue weighted by Gasteiger charge is -2.40. The predicted molar refractivity (Wildman–Crippen MR) is 247 cm³/mol. The lowest BCUT2D eigenvalue weighted by Crippen LogP contribution is -2.60. The van der Waals surface area contributed by atoms with Crippen LogP contribution in [0.15, 0.2) is 59.5 Å². The number of hydrogen-bond acceptors (Lipinski definition) is 11. The Hall–Kier alpha value is -4.46. The van der Waals surface area contributed by atoms with Crippen molar-refractivity contribution in [2.75, 3.05) is 41.5 Å². The number of aliphatic hydroxyl groups excluding tert-OH is 1. The molecule has 2 aromatic carbocycles. The van der Waals surface area contributed by atoms with Crippen LogP contribution in [0, 0.1) is 23.7 Å². The van der Waals surface area contributed by atoms with Gasteiger partial charge in [-0.1, -0.05) is 96.5 Å². The Morgan fingerprint density at radius 2 is 1.43 bits per heavy atom. The van der Waals surface area contributed by atoms with Crippen LogP contribution in [0.25, 0.3) is 0 Å². The molecule has 5 amide bonds. The minimum absolute atomic E-state index is 0.0326. The summed E-state index contributed by atoms with van der Waals surface area (Å²) < 4.78 is 44.0. The largest absolute Gasteiger partial charge is 0.444 e. The van der Waals surface area contributed by atoms with Gasteiger partial charge < -0.3 is 49.5 Å². The fourth-order valence-corrected chi connectivity index (χ4v) is 8.14. The second kappa shape index (κ2) is 28.5. The van der Waals surface area contributed by atoms with E-state index in [2.05, 4.69) is 16.0 Å². The van der Waals surface area contributed by atoms with Crippen LogP contribution in [-0.4, -0.2) is 131 Å². The second-order valence-electron chi connectivity index (χ2n) is 17.2. The van der Waals surface area contributed by atoms with Crippen LogP contribution < -0.4 is 16.0 Å². The van der Waals surface area contributed by atoms with Gasteiger partial charge in [0.1, 0.15) is 18.7 Å². The summed E-state index contributed by atoms with van der Waals surface area (Å²) in [6.07, 6.45) is -1.43. The summed E-state index contributed by atoms with van der Waals surface area (Å²) in [5, 5.41) is 19.3. The summed E-state index contributed by atoms with van der Waals surface area (Å²) in [4.78, 5) is 70.5. The Morgan fingerprint density at radius 3 is 2.00 bits per heavy atom. The van der Waals surface area contributed by atoms with E-state index >= 15 is 0 Å². The first kappa shape index (κ1) is 56.7. The maximum Gasteiger partial charge on any atom is 0.410 e. The molecule has 5 N–H and O–H groups in total. The highest BCUT2D eigenvalue weighted by Gasteiger charge is 2.40. The van der Waals surface area contributed by atoms with Crippen LogP contribution in [0.4, 0.5) is 4.79 Å². The first-order valence-corrected chi connectivity index (χ1v) is 23.4. The van der Waals surface area contributed by atoms with Crippen molar-refractivity contribution in [2.45, 2.75) is 135 Å². The molecular weight excluding hydrogens is 859 g/mol. The summed E-state index contributed by atoms with van der Waals surface area (Å²) in [5.74, 6) is -3.05. The first-order valence-electron chi connectivity index (χ1n) is 22.3.